The molecule has 1 aliphatic carbocycles. The zero-order valence-corrected chi connectivity index (χ0v) is 25.2. The Hall–Kier alpha value is -3.41. The van der Waals surface area contributed by atoms with E-state index in [4.69, 9.17) is 4.74 Å². The van der Waals surface area contributed by atoms with E-state index in [9.17, 15) is 21.6 Å². The molecule has 1 amide bonds. The summed E-state index contributed by atoms with van der Waals surface area (Å²) in [5.74, 6) is -0.0526. The molecular weight excluding hydrogens is 562 g/mol. The third-order valence-electron chi connectivity index (χ3n) is 7.86. The number of sulfonamides is 2. The number of ether oxygens (including phenoxy) is 1. The monoisotopic (exact) mass is 597 g/mol. The van der Waals surface area contributed by atoms with Crippen LogP contribution in [0.15, 0.2) is 82.6 Å². The van der Waals surface area contributed by atoms with Crippen LogP contribution in [0.3, 0.4) is 0 Å². The molecule has 218 valence electrons. The summed E-state index contributed by atoms with van der Waals surface area (Å²) in [5.41, 5.74) is 1.05. The molecule has 2 bridgehead atoms. The molecule has 0 aromatic heterocycles. The number of nitrogens with zero attached hydrogens (tertiary/aromatic N) is 1. The van der Waals surface area contributed by atoms with Gasteiger partial charge in [-0.25, -0.2) is 16.8 Å². The molecule has 5 rings (SSSR count). The van der Waals surface area contributed by atoms with Crippen LogP contribution >= 0.6 is 0 Å². The lowest BCUT2D eigenvalue weighted by atomic mass is 9.65. The largest absolute Gasteiger partial charge is 0.495 e. The van der Waals surface area contributed by atoms with Gasteiger partial charge < -0.3 is 10.1 Å². The number of carbonyl (C=O) groups excluding carboxylic acids is 1. The van der Waals surface area contributed by atoms with E-state index in [0.29, 0.717) is 23.7 Å². The summed E-state index contributed by atoms with van der Waals surface area (Å²) in [4.78, 5) is 13.1. The molecule has 1 aliphatic heterocycles. The molecule has 1 saturated heterocycles. The molecule has 1 saturated carbocycles. The summed E-state index contributed by atoms with van der Waals surface area (Å²) in [6, 6.07) is 18.3. The van der Waals surface area contributed by atoms with Crippen molar-refractivity contribution in [2.75, 3.05) is 23.7 Å². The van der Waals surface area contributed by atoms with Crippen molar-refractivity contribution < 1.29 is 26.4 Å². The van der Waals surface area contributed by atoms with Gasteiger partial charge in [-0.2, -0.15) is 4.31 Å². The topological polar surface area (TPSA) is 122 Å². The van der Waals surface area contributed by atoms with Gasteiger partial charge in [0.05, 0.1) is 22.6 Å². The van der Waals surface area contributed by atoms with Crippen LogP contribution in [0.5, 0.6) is 5.75 Å². The summed E-state index contributed by atoms with van der Waals surface area (Å²) >= 11 is 0. The van der Waals surface area contributed by atoms with Crippen molar-refractivity contribution in [3.05, 3.63) is 78.4 Å². The maximum absolute atomic E-state index is 13.5. The van der Waals surface area contributed by atoms with Crippen molar-refractivity contribution in [2.45, 2.75) is 55.9 Å². The van der Waals surface area contributed by atoms with Crippen molar-refractivity contribution in [1.29, 1.82) is 0 Å². The number of para-hydroxylation sites is 2. The van der Waals surface area contributed by atoms with E-state index in [2.05, 4.69) is 30.8 Å². The fourth-order valence-electron chi connectivity index (χ4n) is 6.46. The van der Waals surface area contributed by atoms with Gasteiger partial charge in [-0.1, -0.05) is 32.9 Å². The Morgan fingerprint density at radius 1 is 0.878 bits per heavy atom. The number of rotatable bonds is 8. The molecule has 2 fully saturated rings. The first kappa shape index (κ1) is 29.1. The van der Waals surface area contributed by atoms with E-state index in [0.717, 1.165) is 19.3 Å². The van der Waals surface area contributed by atoms with Crippen molar-refractivity contribution in [2.24, 2.45) is 10.8 Å². The number of anilines is 2. The first-order chi connectivity index (χ1) is 19.2. The zero-order chi connectivity index (χ0) is 29.6. The van der Waals surface area contributed by atoms with E-state index in [-0.39, 0.29) is 32.2 Å². The van der Waals surface area contributed by atoms with Crippen LogP contribution in [0.2, 0.25) is 0 Å². The summed E-state index contributed by atoms with van der Waals surface area (Å²) < 4.78 is 62.1. The second kappa shape index (κ2) is 10.5. The standard InChI is InChI=1S/C30H35N3O6S2/c1-29(2)17-23-18-30(3,19-29)20-33(23)41(37,38)25-13-9-21(10-14-25)28(34)31-22-11-15-24(16-12-22)40(35,36)32-26-7-5-6-8-27(26)39-4/h5-16,23,32H,17-20H2,1-4H3,(H,31,34)/t23-,30-/m1/s1. The number of methoxy groups -OCH3 is 1. The number of amides is 1. The zero-order valence-electron chi connectivity index (χ0n) is 23.5. The number of hydrogen-bond donors (Lipinski definition) is 2. The molecule has 11 heteroatoms. The van der Waals surface area contributed by atoms with Crippen molar-refractivity contribution in [3.8, 4) is 5.75 Å². The molecule has 1 heterocycles. The first-order valence-corrected chi connectivity index (χ1v) is 16.3. The van der Waals surface area contributed by atoms with Crippen molar-refractivity contribution >= 4 is 37.3 Å². The number of benzene rings is 3. The van der Waals surface area contributed by atoms with Gasteiger partial charge in [-0.3, -0.25) is 9.52 Å². The molecule has 3 aromatic carbocycles. The summed E-state index contributed by atoms with van der Waals surface area (Å²) in [5, 5.41) is 2.73. The maximum atomic E-state index is 13.5. The van der Waals surface area contributed by atoms with Crippen LogP contribution in [0.4, 0.5) is 11.4 Å². The van der Waals surface area contributed by atoms with Crippen LogP contribution in [0, 0.1) is 10.8 Å². The predicted octanol–water partition coefficient (Wildman–Crippen LogP) is 5.34. The van der Waals surface area contributed by atoms with Gasteiger partial charge in [0.15, 0.2) is 0 Å². The van der Waals surface area contributed by atoms with Gasteiger partial charge in [-0.05, 0) is 90.8 Å². The normalized spacial score (nSPS) is 22.2. The Balaban J connectivity index is 1.25. The fourth-order valence-corrected chi connectivity index (χ4v) is 9.30. The summed E-state index contributed by atoms with van der Waals surface area (Å²) in [6.07, 6.45) is 2.69. The lowest BCUT2D eigenvalue weighted by Crippen LogP contribution is -2.37. The Bertz CT molecular complexity index is 1670. The van der Waals surface area contributed by atoms with E-state index >= 15 is 0 Å². The lowest BCUT2D eigenvalue weighted by molar-refractivity contribution is 0.102. The summed E-state index contributed by atoms with van der Waals surface area (Å²) in [7, 11) is -6.13. The highest BCUT2D eigenvalue weighted by molar-refractivity contribution is 7.92. The van der Waals surface area contributed by atoms with Gasteiger partial charge in [0, 0.05) is 23.8 Å². The van der Waals surface area contributed by atoms with Crippen LogP contribution in [0.25, 0.3) is 0 Å². The van der Waals surface area contributed by atoms with Gasteiger partial charge >= 0.3 is 0 Å². The van der Waals surface area contributed by atoms with E-state index in [1.54, 1.807) is 28.6 Å². The van der Waals surface area contributed by atoms with Gasteiger partial charge in [0.1, 0.15) is 5.75 Å². The highest BCUT2D eigenvalue weighted by atomic mass is 32.2. The fraction of sp³-hybridized carbons (Fsp3) is 0.367. The van der Waals surface area contributed by atoms with Crippen molar-refractivity contribution in [1.82, 2.24) is 4.31 Å². The molecule has 0 spiro atoms. The van der Waals surface area contributed by atoms with E-state index in [1.165, 1.54) is 55.6 Å². The minimum absolute atomic E-state index is 0.0135. The van der Waals surface area contributed by atoms with Crippen LogP contribution < -0.4 is 14.8 Å². The van der Waals surface area contributed by atoms with E-state index in [1.807, 2.05) is 0 Å². The first-order valence-electron chi connectivity index (χ1n) is 13.4. The highest BCUT2D eigenvalue weighted by Crippen LogP contribution is 2.53. The Kier molecular flexibility index (Phi) is 7.42. The number of fused-ring (bicyclic) bond motifs is 2. The second-order valence-corrected chi connectivity index (χ2v) is 15.6. The molecule has 0 unspecified atom stereocenters. The van der Waals surface area contributed by atoms with Crippen molar-refractivity contribution in [3.63, 3.8) is 0 Å². The highest BCUT2D eigenvalue weighted by Gasteiger charge is 2.53. The molecular formula is C30H35N3O6S2. The molecule has 2 N–H and O–H groups in total. The average molecular weight is 598 g/mol. The predicted molar refractivity (Wildman–Crippen MR) is 158 cm³/mol. The van der Waals surface area contributed by atoms with Crippen LogP contribution in [0.1, 0.15) is 50.4 Å². The van der Waals surface area contributed by atoms with Gasteiger partial charge in [-0.15, -0.1) is 0 Å². The average Bonchev–Trinajstić information content (AvgIpc) is 3.18. The Labute approximate surface area is 242 Å². The molecule has 9 nitrogen and oxygen atoms in total. The maximum Gasteiger partial charge on any atom is 0.262 e. The Morgan fingerprint density at radius 3 is 2.17 bits per heavy atom. The Morgan fingerprint density at radius 2 is 1.51 bits per heavy atom. The molecule has 0 radical (unpaired) electrons. The minimum atomic E-state index is -3.89. The SMILES string of the molecule is COc1ccccc1NS(=O)(=O)c1ccc(NC(=O)c2ccc(S(=O)(=O)N3C[C@]4(C)C[C@H]3CC(C)(C)C4)cc2)cc1. The minimum Gasteiger partial charge on any atom is -0.495 e. The third kappa shape index (κ3) is 5.98. The third-order valence-corrected chi connectivity index (χ3v) is 11.2. The number of hydrogen-bond acceptors (Lipinski definition) is 6. The van der Waals surface area contributed by atoms with Crippen LogP contribution in [-0.4, -0.2) is 46.7 Å². The van der Waals surface area contributed by atoms with Gasteiger partial charge in [0.2, 0.25) is 10.0 Å². The smallest absolute Gasteiger partial charge is 0.262 e. The van der Waals surface area contributed by atoms with Crippen LogP contribution in [-0.2, 0) is 20.0 Å². The molecule has 2 aliphatic rings. The number of nitrogens with one attached hydrogen (secondary N) is 2. The molecule has 3 aromatic rings. The number of carbonyl (C=O) groups is 1. The second-order valence-electron chi connectivity index (χ2n) is 12.1. The molecule has 2 atom stereocenters. The lowest BCUT2D eigenvalue weighted by Gasteiger charge is -2.39. The van der Waals surface area contributed by atoms with E-state index < -0.39 is 26.0 Å². The van der Waals surface area contributed by atoms with Gasteiger partial charge in [0.25, 0.3) is 15.9 Å². The summed E-state index contributed by atoms with van der Waals surface area (Å²) in [6.45, 7) is 7.08. The quantitative estimate of drug-likeness (QED) is 0.362. The molecule has 41 heavy (non-hydrogen) atoms.